The number of amides is 2. The van der Waals surface area contributed by atoms with Crippen molar-refractivity contribution in [1.82, 2.24) is 10.2 Å². The molecule has 0 saturated heterocycles. The summed E-state index contributed by atoms with van der Waals surface area (Å²) in [6.07, 6.45) is 1.99. The molecule has 244 valence electrons. The number of carbonyl (C=O) groups is 2. The number of nitrogens with one attached hydrogen (secondary N) is 1. The summed E-state index contributed by atoms with van der Waals surface area (Å²) in [5.41, 5.74) is 0.863. The van der Waals surface area contributed by atoms with Crippen molar-refractivity contribution < 1.29 is 32.2 Å². The van der Waals surface area contributed by atoms with Crippen LogP contribution in [0.4, 0.5) is 5.69 Å². The molecule has 12 heteroatoms. The first-order valence-electron chi connectivity index (χ1n) is 14.9. The zero-order valence-electron chi connectivity index (χ0n) is 26.4. The Hall–Kier alpha value is -3.96. The van der Waals surface area contributed by atoms with E-state index in [0.29, 0.717) is 41.7 Å². The molecule has 0 bridgehead atoms. The third-order valence-electron chi connectivity index (χ3n) is 7.17. The monoisotopic (exact) mass is 659 g/mol. The van der Waals surface area contributed by atoms with Crippen LogP contribution >= 0.6 is 11.6 Å². The van der Waals surface area contributed by atoms with Gasteiger partial charge < -0.3 is 24.4 Å². The molecule has 0 aromatic heterocycles. The van der Waals surface area contributed by atoms with Gasteiger partial charge in [-0.2, -0.15) is 0 Å². The third-order valence-corrected chi connectivity index (χ3v) is 9.31. The SMILES string of the molecule is CCCCNC(=O)C(CC)N(Cc1ccccc1Cl)C(=O)CN(c1ccc(OCC)cc1)S(=O)(=O)c1ccc(OC)c(OC)c1. The third kappa shape index (κ3) is 9.04. The Bertz CT molecular complexity index is 1530. The molecule has 0 aliphatic carbocycles. The van der Waals surface area contributed by atoms with E-state index in [1.807, 2.05) is 20.8 Å². The Balaban J connectivity index is 2.10. The van der Waals surface area contributed by atoms with E-state index in [1.54, 1.807) is 48.5 Å². The van der Waals surface area contributed by atoms with Crippen molar-refractivity contribution in [3.63, 3.8) is 0 Å². The topological polar surface area (TPSA) is 114 Å². The Labute approximate surface area is 271 Å². The summed E-state index contributed by atoms with van der Waals surface area (Å²) in [5, 5.41) is 3.34. The van der Waals surface area contributed by atoms with E-state index in [9.17, 15) is 18.0 Å². The summed E-state index contributed by atoms with van der Waals surface area (Å²) >= 11 is 6.47. The van der Waals surface area contributed by atoms with Gasteiger partial charge in [0.15, 0.2) is 11.5 Å². The first-order chi connectivity index (χ1) is 21.6. The highest BCUT2D eigenvalue weighted by Crippen LogP contribution is 2.33. The molecule has 1 unspecified atom stereocenters. The Morgan fingerprint density at radius 2 is 1.62 bits per heavy atom. The number of anilines is 1. The molecule has 0 radical (unpaired) electrons. The van der Waals surface area contributed by atoms with Crippen LogP contribution in [0.3, 0.4) is 0 Å². The minimum Gasteiger partial charge on any atom is -0.494 e. The molecular formula is C33H42ClN3O7S. The number of hydrogen-bond acceptors (Lipinski definition) is 7. The van der Waals surface area contributed by atoms with Crippen molar-refractivity contribution in [2.45, 2.75) is 57.5 Å². The average Bonchev–Trinajstić information content (AvgIpc) is 3.04. The maximum absolute atomic E-state index is 14.3. The summed E-state index contributed by atoms with van der Waals surface area (Å²) < 4.78 is 45.7. The molecule has 3 rings (SSSR count). The van der Waals surface area contributed by atoms with Crippen LogP contribution in [0.15, 0.2) is 71.6 Å². The zero-order valence-corrected chi connectivity index (χ0v) is 28.0. The fourth-order valence-corrected chi connectivity index (χ4v) is 6.37. The van der Waals surface area contributed by atoms with Crippen molar-refractivity contribution in [2.75, 3.05) is 38.2 Å². The van der Waals surface area contributed by atoms with Crippen molar-refractivity contribution >= 4 is 39.1 Å². The largest absolute Gasteiger partial charge is 0.494 e. The van der Waals surface area contributed by atoms with E-state index in [2.05, 4.69) is 5.32 Å². The zero-order chi connectivity index (χ0) is 33.0. The Morgan fingerprint density at radius 1 is 0.933 bits per heavy atom. The van der Waals surface area contributed by atoms with Gasteiger partial charge in [-0.1, -0.05) is 50.1 Å². The number of nitrogens with zero attached hydrogens (tertiary/aromatic N) is 2. The number of unbranched alkanes of at least 4 members (excludes halogenated alkanes) is 1. The summed E-state index contributed by atoms with van der Waals surface area (Å²) in [4.78, 5) is 28.9. The smallest absolute Gasteiger partial charge is 0.264 e. The summed E-state index contributed by atoms with van der Waals surface area (Å²) in [6.45, 7) is 5.98. The second-order valence-corrected chi connectivity index (χ2v) is 12.4. The molecule has 3 aromatic carbocycles. The molecule has 1 N–H and O–H groups in total. The molecule has 0 saturated carbocycles. The summed E-state index contributed by atoms with van der Waals surface area (Å²) in [7, 11) is -1.47. The van der Waals surface area contributed by atoms with Gasteiger partial charge in [0.05, 0.1) is 31.4 Å². The van der Waals surface area contributed by atoms with Crippen molar-refractivity contribution in [3.05, 3.63) is 77.3 Å². The van der Waals surface area contributed by atoms with Gasteiger partial charge in [0.1, 0.15) is 18.3 Å². The number of sulfonamides is 1. The van der Waals surface area contributed by atoms with Gasteiger partial charge in [0.2, 0.25) is 11.8 Å². The van der Waals surface area contributed by atoms with E-state index < -0.39 is 28.5 Å². The number of methoxy groups -OCH3 is 2. The molecule has 0 fully saturated rings. The van der Waals surface area contributed by atoms with Crippen LogP contribution in [0.25, 0.3) is 0 Å². The van der Waals surface area contributed by atoms with Gasteiger partial charge >= 0.3 is 0 Å². The molecule has 45 heavy (non-hydrogen) atoms. The molecule has 0 heterocycles. The predicted molar refractivity (Wildman–Crippen MR) is 176 cm³/mol. The molecule has 3 aromatic rings. The fourth-order valence-electron chi connectivity index (χ4n) is 4.74. The Morgan fingerprint density at radius 3 is 2.22 bits per heavy atom. The second-order valence-electron chi connectivity index (χ2n) is 10.1. The Kier molecular flexibility index (Phi) is 13.4. The van der Waals surface area contributed by atoms with Crippen LogP contribution in [-0.4, -0.2) is 65.1 Å². The van der Waals surface area contributed by atoms with E-state index in [4.69, 9.17) is 25.8 Å². The lowest BCUT2D eigenvalue weighted by Crippen LogP contribution is -2.52. The van der Waals surface area contributed by atoms with Gasteiger partial charge in [-0.25, -0.2) is 8.42 Å². The molecular weight excluding hydrogens is 618 g/mol. The van der Waals surface area contributed by atoms with Crippen LogP contribution in [0.5, 0.6) is 17.2 Å². The van der Waals surface area contributed by atoms with Crippen LogP contribution in [0.2, 0.25) is 5.02 Å². The number of ether oxygens (including phenoxy) is 3. The standard InChI is InChI=1S/C33H42ClN3O7S/c1-6-9-20-35-33(39)29(7-2)36(22-24-12-10-11-13-28(24)34)32(38)23-37(25-14-16-26(17-15-25)44-8-3)45(40,41)27-18-19-30(42-4)31(21-27)43-5/h10-19,21,29H,6-9,20,22-23H2,1-5H3,(H,35,39). The van der Waals surface area contributed by atoms with Gasteiger partial charge in [0.25, 0.3) is 10.0 Å². The van der Waals surface area contributed by atoms with Gasteiger partial charge in [0, 0.05) is 24.2 Å². The minimum atomic E-state index is -4.33. The summed E-state index contributed by atoms with van der Waals surface area (Å²) in [5.74, 6) is 0.218. The van der Waals surface area contributed by atoms with E-state index in [0.717, 1.165) is 17.1 Å². The van der Waals surface area contributed by atoms with E-state index in [-0.39, 0.29) is 28.8 Å². The first-order valence-corrected chi connectivity index (χ1v) is 16.7. The maximum Gasteiger partial charge on any atom is 0.264 e. The highest BCUT2D eigenvalue weighted by Gasteiger charge is 2.34. The molecule has 0 spiro atoms. The van der Waals surface area contributed by atoms with Crippen LogP contribution in [0, 0.1) is 0 Å². The normalized spacial score (nSPS) is 11.8. The fraction of sp³-hybridized carbons (Fsp3) is 0.394. The highest BCUT2D eigenvalue weighted by molar-refractivity contribution is 7.92. The molecule has 2 amide bonds. The average molecular weight is 660 g/mol. The molecule has 1 atom stereocenters. The van der Waals surface area contributed by atoms with Gasteiger partial charge in [-0.15, -0.1) is 0 Å². The second kappa shape index (κ2) is 16.9. The predicted octanol–water partition coefficient (Wildman–Crippen LogP) is 5.67. The minimum absolute atomic E-state index is 0.00569. The van der Waals surface area contributed by atoms with Crippen molar-refractivity contribution in [1.29, 1.82) is 0 Å². The lowest BCUT2D eigenvalue weighted by atomic mass is 10.1. The van der Waals surface area contributed by atoms with Crippen molar-refractivity contribution in [3.8, 4) is 17.2 Å². The molecule has 10 nitrogen and oxygen atoms in total. The summed E-state index contributed by atoms with van der Waals surface area (Å²) in [6, 6.07) is 16.8. The molecule has 0 aliphatic heterocycles. The quantitative estimate of drug-likeness (QED) is 0.186. The van der Waals surface area contributed by atoms with E-state index >= 15 is 0 Å². The number of rotatable bonds is 17. The lowest BCUT2D eigenvalue weighted by molar-refractivity contribution is -0.140. The molecule has 0 aliphatic rings. The van der Waals surface area contributed by atoms with Gasteiger partial charge in [-0.3, -0.25) is 13.9 Å². The van der Waals surface area contributed by atoms with Crippen LogP contribution in [0.1, 0.15) is 45.6 Å². The number of benzene rings is 3. The van der Waals surface area contributed by atoms with Crippen LogP contribution < -0.4 is 23.8 Å². The van der Waals surface area contributed by atoms with Gasteiger partial charge in [-0.05, 0) is 67.8 Å². The van der Waals surface area contributed by atoms with Crippen molar-refractivity contribution in [2.24, 2.45) is 0 Å². The van der Waals surface area contributed by atoms with E-state index in [1.165, 1.54) is 37.3 Å². The lowest BCUT2D eigenvalue weighted by Gasteiger charge is -2.33. The number of hydrogen-bond donors (Lipinski definition) is 1. The number of halogens is 1. The first kappa shape index (κ1) is 35.5. The number of carbonyl (C=O) groups excluding carboxylic acids is 2. The highest BCUT2D eigenvalue weighted by atomic mass is 35.5. The maximum atomic E-state index is 14.3. The van der Waals surface area contributed by atoms with Crippen LogP contribution in [-0.2, 0) is 26.2 Å².